The van der Waals surface area contributed by atoms with E-state index in [1.54, 1.807) is 0 Å². The SMILES string of the molecule is CC(C)CCSc1cc(C(F)(F)F)nc(Cl)n1. The summed E-state index contributed by atoms with van der Waals surface area (Å²) in [5.74, 6) is 1.21. The number of alkyl halides is 3. The molecule has 0 radical (unpaired) electrons. The zero-order chi connectivity index (χ0) is 13.1. The summed E-state index contributed by atoms with van der Waals surface area (Å²) in [6.45, 7) is 4.10. The molecule has 0 saturated carbocycles. The molecular weight excluding hydrogens is 273 g/mol. The van der Waals surface area contributed by atoms with Crippen molar-refractivity contribution in [2.45, 2.75) is 31.5 Å². The molecule has 0 fully saturated rings. The van der Waals surface area contributed by atoms with Crippen LogP contribution in [-0.2, 0) is 6.18 Å². The second-order valence-electron chi connectivity index (χ2n) is 3.89. The second kappa shape index (κ2) is 5.91. The zero-order valence-electron chi connectivity index (χ0n) is 9.38. The smallest absolute Gasteiger partial charge is 0.213 e. The molecule has 0 aliphatic rings. The topological polar surface area (TPSA) is 25.8 Å². The van der Waals surface area contributed by atoms with E-state index in [-0.39, 0.29) is 10.3 Å². The van der Waals surface area contributed by atoms with E-state index in [0.29, 0.717) is 11.7 Å². The third-order valence-electron chi connectivity index (χ3n) is 1.91. The van der Waals surface area contributed by atoms with Gasteiger partial charge in [0.05, 0.1) is 0 Å². The highest BCUT2D eigenvalue weighted by Crippen LogP contribution is 2.31. The lowest BCUT2D eigenvalue weighted by Crippen LogP contribution is -2.09. The quantitative estimate of drug-likeness (QED) is 0.469. The van der Waals surface area contributed by atoms with Crippen LogP contribution in [-0.4, -0.2) is 15.7 Å². The van der Waals surface area contributed by atoms with Crippen LogP contribution in [0, 0.1) is 5.92 Å². The van der Waals surface area contributed by atoms with Crippen molar-refractivity contribution in [2.24, 2.45) is 5.92 Å². The number of thioether (sulfide) groups is 1. The van der Waals surface area contributed by atoms with Gasteiger partial charge in [-0.05, 0) is 29.7 Å². The average molecular weight is 285 g/mol. The Bertz CT molecular complexity index is 382. The molecule has 0 N–H and O–H groups in total. The van der Waals surface area contributed by atoms with Gasteiger partial charge in [-0.1, -0.05) is 13.8 Å². The summed E-state index contributed by atoms with van der Waals surface area (Å²) in [7, 11) is 0. The van der Waals surface area contributed by atoms with Gasteiger partial charge < -0.3 is 0 Å². The molecule has 0 amide bonds. The molecule has 1 heterocycles. The molecule has 1 aromatic rings. The van der Waals surface area contributed by atoms with E-state index >= 15 is 0 Å². The number of hydrogen-bond donors (Lipinski definition) is 0. The molecule has 17 heavy (non-hydrogen) atoms. The highest BCUT2D eigenvalue weighted by Gasteiger charge is 2.33. The van der Waals surface area contributed by atoms with Gasteiger partial charge in [-0.3, -0.25) is 0 Å². The lowest BCUT2D eigenvalue weighted by Gasteiger charge is -2.08. The fourth-order valence-corrected chi connectivity index (χ4v) is 2.39. The van der Waals surface area contributed by atoms with Crippen molar-refractivity contribution in [3.05, 3.63) is 17.0 Å². The summed E-state index contributed by atoms with van der Waals surface area (Å²) in [6, 6.07) is 0.927. The highest BCUT2D eigenvalue weighted by atomic mass is 35.5. The molecule has 0 bridgehead atoms. The van der Waals surface area contributed by atoms with Crippen LogP contribution in [0.25, 0.3) is 0 Å². The van der Waals surface area contributed by atoms with E-state index in [0.717, 1.165) is 12.5 Å². The van der Waals surface area contributed by atoms with E-state index in [9.17, 15) is 13.2 Å². The largest absolute Gasteiger partial charge is 0.433 e. The van der Waals surface area contributed by atoms with Crippen LogP contribution in [0.15, 0.2) is 11.1 Å². The van der Waals surface area contributed by atoms with Gasteiger partial charge in [-0.2, -0.15) is 13.2 Å². The summed E-state index contributed by atoms with van der Waals surface area (Å²) < 4.78 is 37.3. The van der Waals surface area contributed by atoms with Crippen molar-refractivity contribution < 1.29 is 13.2 Å². The first-order valence-corrected chi connectivity index (χ1v) is 6.40. The number of halogens is 4. The van der Waals surface area contributed by atoms with E-state index in [4.69, 9.17) is 11.6 Å². The van der Waals surface area contributed by atoms with Crippen LogP contribution in [0.2, 0.25) is 5.28 Å². The summed E-state index contributed by atoms with van der Waals surface area (Å²) in [5.41, 5.74) is -0.996. The van der Waals surface area contributed by atoms with Crippen molar-refractivity contribution in [3.63, 3.8) is 0 Å². The summed E-state index contributed by atoms with van der Waals surface area (Å²) in [6.07, 6.45) is -3.58. The maximum Gasteiger partial charge on any atom is 0.433 e. The third kappa shape index (κ3) is 5.12. The minimum absolute atomic E-state index is 0.262. The average Bonchev–Trinajstić information content (AvgIpc) is 2.14. The Morgan fingerprint density at radius 3 is 2.53 bits per heavy atom. The van der Waals surface area contributed by atoms with Crippen LogP contribution in [0.4, 0.5) is 13.2 Å². The van der Waals surface area contributed by atoms with Gasteiger partial charge in [0.15, 0.2) is 5.69 Å². The van der Waals surface area contributed by atoms with Crippen LogP contribution >= 0.6 is 23.4 Å². The summed E-state index contributed by atoms with van der Waals surface area (Å²) in [5, 5.41) is -0.107. The number of aromatic nitrogens is 2. The van der Waals surface area contributed by atoms with Crippen molar-refractivity contribution in [1.82, 2.24) is 9.97 Å². The number of nitrogens with zero attached hydrogens (tertiary/aromatic N) is 2. The molecule has 2 nitrogen and oxygen atoms in total. The standard InChI is InChI=1S/C10H12ClF3N2S/c1-6(2)3-4-17-8-5-7(10(12,13)14)15-9(11)16-8/h5-6H,3-4H2,1-2H3. The third-order valence-corrected chi connectivity index (χ3v) is 3.02. The molecule has 7 heteroatoms. The zero-order valence-corrected chi connectivity index (χ0v) is 11.0. The Kier molecular flexibility index (Phi) is 5.06. The summed E-state index contributed by atoms with van der Waals surface area (Å²) >= 11 is 6.72. The number of rotatable bonds is 4. The molecule has 0 aliphatic heterocycles. The molecule has 0 aromatic carbocycles. The first kappa shape index (κ1) is 14.6. The Morgan fingerprint density at radius 1 is 1.35 bits per heavy atom. The van der Waals surface area contributed by atoms with Crippen LogP contribution in [0.1, 0.15) is 26.0 Å². The molecule has 0 saturated heterocycles. The predicted octanol–water partition coefficient (Wildman–Crippen LogP) is 4.29. The van der Waals surface area contributed by atoms with Crippen molar-refractivity contribution in [3.8, 4) is 0 Å². The maximum absolute atomic E-state index is 12.4. The fraction of sp³-hybridized carbons (Fsp3) is 0.600. The lowest BCUT2D eigenvalue weighted by atomic mass is 10.2. The van der Waals surface area contributed by atoms with Crippen molar-refractivity contribution in [1.29, 1.82) is 0 Å². The molecule has 1 aromatic heterocycles. The Morgan fingerprint density at radius 2 is 2.00 bits per heavy atom. The molecular formula is C10H12ClF3N2S. The van der Waals surface area contributed by atoms with Gasteiger partial charge in [-0.15, -0.1) is 11.8 Å². The first-order chi connectivity index (χ1) is 7.79. The monoisotopic (exact) mass is 284 g/mol. The van der Waals surface area contributed by atoms with Gasteiger partial charge in [0.2, 0.25) is 5.28 Å². The van der Waals surface area contributed by atoms with Gasteiger partial charge in [0.25, 0.3) is 0 Å². The molecule has 0 spiro atoms. The Labute approximate surface area is 107 Å². The minimum atomic E-state index is -4.49. The van der Waals surface area contributed by atoms with E-state index < -0.39 is 11.9 Å². The van der Waals surface area contributed by atoms with Gasteiger partial charge in [0, 0.05) is 6.07 Å². The highest BCUT2D eigenvalue weighted by molar-refractivity contribution is 7.99. The van der Waals surface area contributed by atoms with Crippen LogP contribution in [0.3, 0.4) is 0 Å². The van der Waals surface area contributed by atoms with Crippen LogP contribution in [0.5, 0.6) is 0 Å². The Balaban J connectivity index is 2.76. The normalized spacial score (nSPS) is 12.2. The van der Waals surface area contributed by atoms with Crippen molar-refractivity contribution in [2.75, 3.05) is 5.75 Å². The molecule has 0 aliphatic carbocycles. The van der Waals surface area contributed by atoms with Gasteiger partial charge in [-0.25, -0.2) is 9.97 Å². The fourth-order valence-electron chi connectivity index (χ4n) is 1.02. The molecule has 0 unspecified atom stereocenters. The van der Waals surface area contributed by atoms with Crippen LogP contribution < -0.4 is 0 Å². The van der Waals surface area contributed by atoms with E-state index in [1.807, 2.05) is 0 Å². The number of hydrogen-bond acceptors (Lipinski definition) is 3. The van der Waals surface area contributed by atoms with Gasteiger partial charge >= 0.3 is 6.18 Å². The lowest BCUT2D eigenvalue weighted by molar-refractivity contribution is -0.141. The first-order valence-electron chi connectivity index (χ1n) is 5.03. The molecule has 96 valence electrons. The summed E-state index contributed by atoms with van der Waals surface area (Å²) in [4.78, 5) is 6.93. The second-order valence-corrected chi connectivity index (χ2v) is 5.34. The maximum atomic E-state index is 12.4. The minimum Gasteiger partial charge on any atom is -0.213 e. The van der Waals surface area contributed by atoms with E-state index in [1.165, 1.54) is 11.8 Å². The predicted molar refractivity (Wildman–Crippen MR) is 62.2 cm³/mol. The molecule has 1 rings (SSSR count). The Hall–Kier alpha value is -0.490. The van der Waals surface area contributed by atoms with Gasteiger partial charge in [0.1, 0.15) is 5.03 Å². The van der Waals surface area contributed by atoms with E-state index in [2.05, 4.69) is 23.8 Å². The molecule has 0 atom stereocenters. The van der Waals surface area contributed by atoms with Crippen molar-refractivity contribution >= 4 is 23.4 Å².